The molecule has 0 aromatic rings. The number of nitrogens with one attached hydrogen (secondary N) is 1. The highest BCUT2D eigenvalue weighted by molar-refractivity contribution is 5.82. The van der Waals surface area contributed by atoms with Crippen molar-refractivity contribution in [3.05, 3.63) is 0 Å². The Morgan fingerprint density at radius 2 is 2.06 bits per heavy atom. The van der Waals surface area contributed by atoms with E-state index in [-0.39, 0.29) is 12.1 Å². The fraction of sp³-hybridized carbons (Fsp3) is 0.800. The second-order valence-electron chi connectivity index (χ2n) is 4.31. The smallest absolute Gasteiger partial charge is 0.325 e. The minimum Gasteiger partial charge on any atom is -0.480 e. The highest BCUT2D eigenvalue weighted by atomic mass is 16.4. The minimum absolute atomic E-state index is 0.111. The van der Waals surface area contributed by atoms with E-state index in [1.54, 1.807) is 4.90 Å². The fourth-order valence-corrected chi connectivity index (χ4v) is 1.77. The Balaban J connectivity index is 2.51. The normalized spacial score (nSPS) is 23.9. The second-order valence-corrected chi connectivity index (χ2v) is 4.31. The first-order valence-electron chi connectivity index (χ1n) is 5.40. The van der Waals surface area contributed by atoms with Crippen LogP contribution >= 0.6 is 0 Å². The topological polar surface area (TPSA) is 72.9 Å². The molecule has 0 saturated carbocycles. The monoisotopic (exact) mass is 229 g/mol. The highest BCUT2D eigenvalue weighted by Gasteiger charge is 2.27. The Morgan fingerprint density at radius 1 is 1.44 bits per heavy atom. The van der Waals surface area contributed by atoms with Gasteiger partial charge in [-0.15, -0.1) is 0 Å². The van der Waals surface area contributed by atoms with E-state index in [1.165, 1.54) is 6.92 Å². The molecule has 2 N–H and O–H groups in total. The molecule has 2 unspecified atom stereocenters. The number of carbonyl (C=O) groups is 2. The number of piperazine rings is 1. The Morgan fingerprint density at radius 3 is 2.56 bits per heavy atom. The zero-order chi connectivity index (χ0) is 12.3. The van der Waals surface area contributed by atoms with Crippen molar-refractivity contribution in [1.82, 2.24) is 15.1 Å². The quantitative estimate of drug-likeness (QED) is 0.688. The van der Waals surface area contributed by atoms with Crippen LogP contribution in [0.4, 0.5) is 4.79 Å². The van der Waals surface area contributed by atoms with Crippen LogP contribution in [0.1, 0.15) is 13.8 Å². The third-order valence-electron chi connectivity index (χ3n) is 2.80. The van der Waals surface area contributed by atoms with E-state index in [4.69, 9.17) is 5.11 Å². The molecule has 1 heterocycles. The van der Waals surface area contributed by atoms with Gasteiger partial charge in [-0.25, -0.2) is 4.79 Å². The van der Waals surface area contributed by atoms with Crippen molar-refractivity contribution in [1.29, 1.82) is 0 Å². The maximum Gasteiger partial charge on any atom is 0.325 e. The number of aliphatic carboxylic acids is 1. The molecule has 16 heavy (non-hydrogen) atoms. The summed E-state index contributed by atoms with van der Waals surface area (Å²) in [6, 6.07) is -1.03. The van der Waals surface area contributed by atoms with Crippen LogP contribution in [-0.2, 0) is 4.79 Å². The molecule has 1 saturated heterocycles. The summed E-state index contributed by atoms with van der Waals surface area (Å²) in [4.78, 5) is 26.2. The zero-order valence-electron chi connectivity index (χ0n) is 9.93. The lowest BCUT2D eigenvalue weighted by atomic mass is 10.2. The fourth-order valence-electron chi connectivity index (χ4n) is 1.77. The molecule has 0 aromatic heterocycles. The highest BCUT2D eigenvalue weighted by Crippen LogP contribution is 2.07. The summed E-state index contributed by atoms with van der Waals surface area (Å²) in [6.45, 7) is 5.69. The third kappa shape index (κ3) is 3.10. The Bertz CT molecular complexity index is 282. The van der Waals surface area contributed by atoms with Crippen molar-refractivity contribution < 1.29 is 14.7 Å². The summed E-state index contributed by atoms with van der Waals surface area (Å²) in [5, 5.41) is 11.2. The van der Waals surface area contributed by atoms with Crippen molar-refractivity contribution in [2.24, 2.45) is 0 Å². The molecular formula is C10H19N3O3. The number of carboxylic acids is 1. The SMILES string of the molecule is CC(NC(=O)N1CCN(C)CC1C)C(=O)O. The van der Waals surface area contributed by atoms with Crippen LogP contribution in [0.15, 0.2) is 0 Å². The number of amides is 2. The van der Waals surface area contributed by atoms with Crippen molar-refractivity contribution in [3.8, 4) is 0 Å². The number of hydrogen-bond acceptors (Lipinski definition) is 3. The van der Waals surface area contributed by atoms with Gasteiger partial charge in [0.1, 0.15) is 6.04 Å². The molecule has 1 rings (SSSR count). The maximum atomic E-state index is 11.8. The first-order chi connectivity index (χ1) is 7.41. The van der Waals surface area contributed by atoms with Crippen LogP contribution < -0.4 is 5.32 Å². The van der Waals surface area contributed by atoms with Crippen molar-refractivity contribution in [2.75, 3.05) is 26.7 Å². The summed E-state index contributed by atoms with van der Waals surface area (Å²) in [7, 11) is 2.01. The summed E-state index contributed by atoms with van der Waals surface area (Å²) >= 11 is 0. The van der Waals surface area contributed by atoms with Gasteiger partial charge in [-0.2, -0.15) is 0 Å². The molecule has 1 fully saturated rings. The van der Waals surface area contributed by atoms with Crippen LogP contribution in [0.5, 0.6) is 0 Å². The van der Waals surface area contributed by atoms with E-state index in [2.05, 4.69) is 10.2 Å². The number of urea groups is 1. The second kappa shape index (κ2) is 5.16. The van der Waals surface area contributed by atoms with E-state index in [9.17, 15) is 9.59 Å². The van der Waals surface area contributed by atoms with Crippen molar-refractivity contribution in [3.63, 3.8) is 0 Å². The van der Waals surface area contributed by atoms with Gasteiger partial charge in [-0.3, -0.25) is 4.79 Å². The summed E-state index contributed by atoms with van der Waals surface area (Å²) < 4.78 is 0. The van der Waals surface area contributed by atoms with Gasteiger partial charge < -0.3 is 20.2 Å². The van der Waals surface area contributed by atoms with E-state index >= 15 is 0 Å². The molecular weight excluding hydrogens is 210 g/mol. The predicted molar refractivity (Wildman–Crippen MR) is 59.3 cm³/mol. The first-order valence-corrected chi connectivity index (χ1v) is 5.40. The lowest BCUT2D eigenvalue weighted by Gasteiger charge is -2.38. The van der Waals surface area contributed by atoms with Crippen LogP contribution in [0.2, 0.25) is 0 Å². The van der Waals surface area contributed by atoms with Gasteiger partial charge in [0.05, 0.1) is 0 Å². The summed E-state index contributed by atoms with van der Waals surface area (Å²) in [5.74, 6) is -1.02. The van der Waals surface area contributed by atoms with Gasteiger partial charge in [-0.1, -0.05) is 0 Å². The number of nitrogens with zero attached hydrogens (tertiary/aromatic N) is 2. The van der Waals surface area contributed by atoms with Gasteiger partial charge in [-0.05, 0) is 20.9 Å². The standard InChI is InChI=1S/C10H19N3O3/c1-7-6-12(3)4-5-13(7)10(16)11-8(2)9(14)15/h7-8H,4-6H2,1-3H3,(H,11,16)(H,14,15). The third-order valence-corrected chi connectivity index (χ3v) is 2.80. The van der Waals surface area contributed by atoms with E-state index in [0.717, 1.165) is 13.1 Å². The molecule has 2 amide bonds. The van der Waals surface area contributed by atoms with E-state index < -0.39 is 12.0 Å². The number of likely N-dealkylation sites (N-methyl/N-ethyl adjacent to an activating group) is 1. The van der Waals surface area contributed by atoms with Gasteiger partial charge in [0.25, 0.3) is 0 Å². The van der Waals surface area contributed by atoms with Crippen molar-refractivity contribution >= 4 is 12.0 Å². The van der Waals surface area contributed by atoms with Gasteiger partial charge in [0, 0.05) is 25.7 Å². The van der Waals surface area contributed by atoms with Crippen LogP contribution in [0.25, 0.3) is 0 Å². The van der Waals surface area contributed by atoms with Gasteiger partial charge in [0.15, 0.2) is 0 Å². The molecule has 6 heteroatoms. The number of carbonyl (C=O) groups excluding carboxylic acids is 1. The Kier molecular flexibility index (Phi) is 4.12. The molecule has 0 aliphatic carbocycles. The molecule has 0 aromatic carbocycles. The summed E-state index contributed by atoms with van der Waals surface area (Å²) in [6.07, 6.45) is 0. The van der Waals surface area contributed by atoms with Crippen LogP contribution in [-0.4, -0.2) is 65.7 Å². The Labute approximate surface area is 95.2 Å². The molecule has 6 nitrogen and oxygen atoms in total. The molecule has 1 aliphatic rings. The van der Waals surface area contributed by atoms with Crippen LogP contribution in [0, 0.1) is 0 Å². The predicted octanol–water partition coefficient (Wildman–Crippen LogP) is -0.195. The Hall–Kier alpha value is -1.30. The summed E-state index contributed by atoms with van der Waals surface area (Å²) in [5.41, 5.74) is 0. The molecule has 1 aliphatic heterocycles. The zero-order valence-corrected chi connectivity index (χ0v) is 9.93. The molecule has 2 atom stereocenters. The molecule has 0 bridgehead atoms. The maximum absolute atomic E-state index is 11.8. The van der Waals surface area contributed by atoms with Gasteiger partial charge >= 0.3 is 12.0 Å². The van der Waals surface area contributed by atoms with Gasteiger partial charge in [0.2, 0.25) is 0 Å². The minimum atomic E-state index is -1.02. The lowest BCUT2D eigenvalue weighted by molar-refractivity contribution is -0.138. The molecule has 0 spiro atoms. The lowest BCUT2D eigenvalue weighted by Crippen LogP contribution is -2.57. The molecule has 92 valence electrons. The van der Waals surface area contributed by atoms with Crippen molar-refractivity contribution in [2.45, 2.75) is 25.9 Å². The number of carboxylic acid groups (broad SMARTS) is 1. The first kappa shape index (κ1) is 12.8. The average Bonchev–Trinajstić information content (AvgIpc) is 2.16. The van der Waals surface area contributed by atoms with E-state index in [0.29, 0.717) is 6.54 Å². The van der Waals surface area contributed by atoms with E-state index in [1.807, 2.05) is 14.0 Å². The number of hydrogen-bond donors (Lipinski definition) is 2. The largest absolute Gasteiger partial charge is 0.480 e. The molecule has 0 radical (unpaired) electrons. The van der Waals surface area contributed by atoms with Crippen LogP contribution in [0.3, 0.4) is 0 Å². The number of rotatable bonds is 2. The average molecular weight is 229 g/mol.